The number of carboxylic acids is 1. The minimum atomic E-state index is -3.18. The Labute approximate surface area is 238 Å². The van der Waals surface area contributed by atoms with Gasteiger partial charge < -0.3 is 14.6 Å². The number of fused-ring (bicyclic) bond motifs is 1. The van der Waals surface area contributed by atoms with Crippen LogP contribution >= 0.6 is 22.9 Å². The highest BCUT2D eigenvalue weighted by atomic mass is 35.5. The van der Waals surface area contributed by atoms with E-state index in [0.29, 0.717) is 45.2 Å². The molecular weight excluding hydrogens is 563 g/mol. The maximum absolute atomic E-state index is 14.7. The second-order valence-corrected chi connectivity index (χ2v) is 11.3. The molecule has 1 aliphatic rings. The van der Waals surface area contributed by atoms with Gasteiger partial charge in [-0.05, 0) is 67.4 Å². The van der Waals surface area contributed by atoms with Gasteiger partial charge in [0.05, 0.1) is 17.1 Å². The largest absolute Gasteiger partial charge is 0.489 e. The van der Waals surface area contributed by atoms with Crippen LogP contribution < -0.4 is 9.47 Å². The minimum Gasteiger partial charge on any atom is -0.489 e. The zero-order valence-electron chi connectivity index (χ0n) is 21.6. The molecule has 0 spiro atoms. The molecule has 1 saturated heterocycles. The van der Waals surface area contributed by atoms with Crippen LogP contribution in [0.3, 0.4) is 0 Å². The van der Waals surface area contributed by atoms with E-state index >= 15 is 0 Å². The molecule has 5 rings (SSSR count). The summed E-state index contributed by atoms with van der Waals surface area (Å²) >= 11 is 7.24. The number of hydrogen-bond acceptors (Lipinski definition) is 5. The summed E-state index contributed by atoms with van der Waals surface area (Å²) in [7, 11) is 0. The molecule has 40 heavy (non-hydrogen) atoms. The van der Waals surface area contributed by atoms with Crippen molar-refractivity contribution in [3.05, 3.63) is 76.8 Å². The molecule has 0 unspecified atom stereocenters. The molecule has 0 saturated carbocycles. The van der Waals surface area contributed by atoms with E-state index in [0.717, 1.165) is 26.4 Å². The molecule has 210 valence electrons. The summed E-state index contributed by atoms with van der Waals surface area (Å²) in [6.45, 7) is 2.81. The van der Waals surface area contributed by atoms with Gasteiger partial charge in [0.15, 0.2) is 5.75 Å². The molecule has 0 amide bonds. The molecule has 1 fully saturated rings. The minimum absolute atomic E-state index is 0.0151. The Hall–Kier alpha value is -3.27. The Bertz CT molecular complexity index is 1520. The quantitative estimate of drug-likeness (QED) is 0.201. The number of likely N-dealkylation sites (tertiary alicyclic amines) is 1. The van der Waals surface area contributed by atoms with Crippen molar-refractivity contribution in [3.63, 3.8) is 0 Å². The number of benzene rings is 3. The van der Waals surface area contributed by atoms with E-state index in [1.165, 1.54) is 41.7 Å². The average Bonchev–Trinajstić information content (AvgIpc) is 3.51. The fraction of sp³-hybridized carbons (Fsp3) is 0.300. The monoisotopic (exact) mass is 589 g/mol. The Morgan fingerprint density at radius 1 is 1.12 bits per heavy atom. The number of aromatic carboxylic acids is 1. The summed E-state index contributed by atoms with van der Waals surface area (Å²) in [6.07, 6.45) is 1.39. The highest BCUT2D eigenvalue weighted by Gasteiger charge is 2.31. The number of ether oxygens (including phenoxy) is 2. The van der Waals surface area contributed by atoms with Crippen LogP contribution in [-0.2, 0) is 5.92 Å². The lowest BCUT2D eigenvalue weighted by atomic mass is 10.00. The fourth-order valence-corrected chi connectivity index (χ4v) is 6.22. The van der Waals surface area contributed by atoms with Crippen LogP contribution in [0.1, 0.15) is 35.7 Å². The van der Waals surface area contributed by atoms with Crippen molar-refractivity contribution >= 4 is 39.0 Å². The van der Waals surface area contributed by atoms with E-state index in [-0.39, 0.29) is 34.5 Å². The van der Waals surface area contributed by atoms with E-state index in [4.69, 9.17) is 21.1 Å². The summed E-state index contributed by atoms with van der Waals surface area (Å²) in [5, 5.41) is 10.2. The van der Waals surface area contributed by atoms with Gasteiger partial charge in [0.2, 0.25) is 0 Å². The third-order valence-electron chi connectivity index (χ3n) is 6.77. The first-order valence-corrected chi connectivity index (χ1v) is 14.0. The predicted molar refractivity (Wildman–Crippen MR) is 151 cm³/mol. The van der Waals surface area contributed by atoms with Gasteiger partial charge in [0, 0.05) is 52.8 Å². The molecule has 5 nitrogen and oxygen atoms in total. The van der Waals surface area contributed by atoms with E-state index in [1.54, 1.807) is 30.3 Å². The third kappa shape index (κ3) is 6.22. The van der Waals surface area contributed by atoms with E-state index in [1.807, 2.05) is 0 Å². The average molecular weight is 590 g/mol. The van der Waals surface area contributed by atoms with Crippen LogP contribution in [0.2, 0.25) is 5.02 Å². The topological polar surface area (TPSA) is 59.0 Å². The Kier molecular flexibility index (Phi) is 8.26. The summed E-state index contributed by atoms with van der Waals surface area (Å²) in [6, 6.07) is 15.9. The highest BCUT2D eigenvalue weighted by Crippen LogP contribution is 2.50. The Morgan fingerprint density at radius 2 is 1.88 bits per heavy atom. The number of hydrogen-bond donors (Lipinski definition) is 1. The van der Waals surface area contributed by atoms with Crippen molar-refractivity contribution in [2.45, 2.75) is 31.8 Å². The zero-order chi connectivity index (χ0) is 28.4. The van der Waals surface area contributed by atoms with Crippen molar-refractivity contribution in [1.82, 2.24) is 4.90 Å². The van der Waals surface area contributed by atoms with Gasteiger partial charge in [0.25, 0.3) is 5.92 Å². The summed E-state index contributed by atoms with van der Waals surface area (Å²) in [4.78, 5) is 14.2. The summed E-state index contributed by atoms with van der Waals surface area (Å²) in [5.41, 5.74) is 0.0832. The number of nitrogens with zero attached hydrogens (tertiary/aromatic N) is 1. The van der Waals surface area contributed by atoms with Gasteiger partial charge in [-0.25, -0.2) is 13.6 Å². The molecule has 10 heteroatoms. The van der Waals surface area contributed by atoms with Gasteiger partial charge >= 0.3 is 5.97 Å². The van der Waals surface area contributed by atoms with Crippen LogP contribution in [0.4, 0.5) is 13.2 Å². The molecule has 1 N–H and O–H groups in total. The number of carboxylic acid groups (broad SMARTS) is 1. The number of carbonyl (C=O) groups is 1. The molecule has 1 atom stereocenters. The standard InChI is InChI=1S/C30H27ClF3NO4S/c1-30(33,34)25-16-19(31)4-10-23(25)28-27(24-9-3-18(29(36)37)15-26(24)40-28)39-21-7-5-20(6-8-21)38-22-11-14-35(17-22)13-2-12-32/h3-10,15-16,22H,2,11-14,17H2,1H3,(H,36,37)/t22-/m1/s1. The van der Waals surface area contributed by atoms with Gasteiger partial charge in [-0.1, -0.05) is 17.7 Å². The molecule has 3 aromatic carbocycles. The van der Waals surface area contributed by atoms with Crippen molar-refractivity contribution in [1.29, 1.82) is 0 Å². The first kappa shape index (κ1) is 28.3. The SMILES string of the molecule is CC(F)(F)c1cc(Cl)ccc1-c1sc2cc(C(=O)O)ccc2c1Oc1ccc(O[C@@H]2CCN(CCCF)C2)cc1. The van der Waals surface area contributed by atoms with Crippen LogP contribution in [0.15, 0.2) is 60.7 Å². The number of alkyl halides is 3. The van der Waals surface area contributed by atoms with Gasteiger partial charge in [0.1, 0.15) is 17.6 Å². The summed E-state index contributed by atoms with van der Waals surface area (Å²) in [5.74, 6) is -2.80. The van der Waals surface area contributed by atoms with Crippen molar-refractivity contribution < 1.29 is 32.5 Å². The van der Waals surface area contributed by atoms with Crippen LogP contribution in [0.25, 0.3) is 20.5 Å². The van der Waals surface area contributed by atoms with Gasteiger partial charge in [-0.3, -0.25) is 9.29 Å². The second-order valence-electron chi connectivity index (χ2n) is 9.80. The van der Waals surface area contributed by atoms with E-state index in [2.05, 4.69) is 4.90 Å². The number of rotatable bonds is 10. The maximum atomic E-state index is 14.7. The van der Waals surface area contributed by atoms with Crippen molar-refractivity contribution in [2.75, 3.05) is 26.3 Å². The Balaban J connectivity index is 1.46. The number of halogens is 4. The van der Waals surface area contributed by atoms with E-state index < -0.39 is 11.9 Å². The first-order chi connectivity index (χ1) is 19.1. The van der Waals surface area contributed by atoms with E-state index in [9.17, 15) is 23.1 Å². The number of thiophene rings is 1. The molecule has 2 heterocycles. The predicted octanol–water partition coefficient (Wildman–Crippen LogP) is 8.64. The molecular formula is C30H27ClF3NO4S. The molecule has 1 aliphatic heterocycles. The smallest absolute Gasteiger partial charge is 0.335 e. The van der Waals surface area contributed by atoms with Gasteiger partial charge in [-0.15, -0.1) is 11.3 Å². The fourth-order valence-electron chi connectivity index (χ4n) is 4.84. The molecule has 4 aromatic rings. The molecule has 1 aromatic heterocycles. The zero-order valence-corrected chi connectivity index (χ0v) is 23.2. The Morgan fingerprint density at radius 3 is 2.58 bits per heavy atom. The normalized spacial score (nSPS) is 16.0. The van der Waals surface area contributed by atoms with Crippen molar-refractivity contribution in [2.24, 2.45) is 0 Å². The maximum Gasteiger partial charge on any atom is 0.335 e. The summed E-state index contributed by atoms with van der Waals surface area (Å²) < 4.78 is 54.8. The molecule has 0 bridgehead atoms. The van der Waals surface area contributed by atoms with Crippen LogP contribution in [-0.4, -0.2) is 48.4 Å². The molecule has 0 radical (unpaired) electrons. The second kappa shape index (κ2) is 11.7. The lowest BCUT2D eigenvalue weighted by molar-refractivity contribution is 0.0181. The highest BCUT2D eigenvalue weighted by molar-refractivity contribution is 7.22. The first-order valence-electron chi connectivity index (χ1n) is 12.8. The molecule has 0 aliphatic carbocycles. The van der Waals surface area contributed by atoms with Crippen LogP contribution in [0, 0.1) is 0 Å². The lowest BCUT2D eigenvalue weighted by Crippen LogP contribution is -2.26. The van der Waals surface area contributed by atoms with Crippen molar-refractivity contribution in [3.8, 4) is 27.7 Å². The lowest BCUT2D eigenvalue weighted by Gasteiger charge is -2.17. The van der Waals surface area contributed by atoms with Gasteiger partial charge in [-0.2, -0.15) is 0 Å². The third-order valence-corrected chi connectivity index (χ3v) is 8.18. The van der Waals surface area contributed by atoms with Crippen LogP contribution in [0.5, 0.6) is 17.2 Å².